The van der Waals surface area contributed by atoms with Crippen molar-refractivity contribution in [2.75, 3.05) is 13.7 Å². The van der Waals surface area contributed by atoms with Crippen LogP contribution >= 0.6 is 11.6 Å². The summed E-state index contributed by atoms with van der Waals surface area (Å²) in [6.45, 7) is 1.58. The number of halogens is 1. The Morgan fingerprint density at radius 1 is 1.33 bits per heavy atom. The number of hydrazine groups is 1. The van der Waals surface area contributed by atoms with E-state index in [1.54, 1.807) is 18.2 Å². The second-order valence-electron chi connectivity index (χ2n) is 3.36. The molecule has 7 heteroatoms. The molecule has 18 heavy (non-hydrogen) atoms. The van der Waals surface area contributed by atoms with Gasteiger partial charge in [0.25, 0.3) is 5.91 Å². The fourth-order valence-corrected chi connectivity index (χ4v) is 1.35. The molecule has 1 aromatic rings. The maximum Gasteiger partial charge on any atom is 0.425 e. The largest absolute Gasteiger partial charge is 0.483 e. The highest BCUT2D eigenvalue weighted by molar-refractivity contribution is 6.30. The zero-order chi connectivity index (χ0) is 13.5. The first-order chi connectivity index (χ1) is 8.52. The van der Waals surface area contributed by atoms with Crippen LogP contribution in [0.3, 0.4) is 0 Å². The molecular weight excluding hydrogens is 260 g/mol. The Kier molecular flexibility index (Phi) is 5.26. The van der Waals surface area contributed by atoms with E-state index >= 15 is 0 Å². The maximum absolute atomic E-state index is 11.3. The lowest BCUT2D eigenvalue weighted by molar-refractivity contribution is -0.123. The molecule has 0 unspecified atom stereocenters. The molecule has 2 N–H and O–H groups in total. The topological polar surface area (TPSA) is 76.7 Å². The number of carbonyl (C=O) groups excluding carboxylic acids is 2. The molecule has 98 valence electrons. The van der Waals surface area contributed by atoms with E-state index in [-0.39, 0.29) is 6.61 Å². The highest BCUT2D eigenvalue weighted by Crippen LogP contribution is 2.21. The molecule has 0 aliphatic heterocycles. The van der Waals surface area contributed by atoms with Crippen LogP contribution in [0, 0.1) is 6.92 Å². The van der Waals surface area contributed by atoms with Gasteiger partial charge in [0.1, 0.15) is 5.75 Å². The normalized spacial score (nSPS) is 9.50. The van der Waals surface area contributed by atoms with Gasteiger partial charge in [0, 0.05) is 5.02 Å². The minimum Gasteiger partial charge on any atom is -0.483 e. The number of hydrogen-bond acceptors (Lipinski definition) is 4. The van der Waals surface area contributed by atoms with Crippen LogP contribution in [0.2, 0.25) is 5.02 Å². The Morgan fingerprint density at radius 3 is 2.67 bits per heavy atom. The molecular formula is C11H13ClN2O4. The van der Waals surface area contributed by atoms with Crippen LogP contribution in [0.25, 0.3) is 0 Å². The summed E-state index contributed by atoms with van der Waals surface area (Å²) >= 11 is 5.78. The van der Waals surface area contributed by atoms with Gasteiger partial charge in [0.2, 0.25) is 0 Å². The second-order valence-corrected chi connectivity index (χ2v) is 3.80. The Hall–Kier alpha value is -1.95. The summed E-state index contributed by atoms with van der Waals surface area (Å²) in [6, 6.07) is 5.05. The van der Waals surface area contributed by atoms with E-state index < -0.39 is 12.0 Å². The van der Waals surface area contributed by atoms with Gasteiger partial charge >= 0.3 is 6.09 Å². The molecule has 0 aliphatic carbocycles. The Morgan fingerprint density at radius 2 is 2.06 bits per heavy atom. The van der Waals surface area contributed by atoms with E-state index in [1.165, 1.54) is 7.11 Å². The molecule has 1 aromatic carbocycles. The van der Waals surface area contributed by atoms with Crippen molar-refractivity contribution in [3.63, 3.8) is 0 Å². The zero-order valence-electron chi connectivity index (χ0n) is 9.95. The highest BCUT2D eigenvalue weighted by Gasteiger charge is 2.06. The fraction of sp³-hybridized carbons (Fsp3) is 0.273. The number of aryl methyl sites for hydroxylation is 1. The number of hydrogen-bond donors (Lipinski definition) is 2. The molecule has 0 atom stereocenters. The second kappa shape index (κ2) is 6.70. The molecule has 2 amide bonds. The van der Waals surface area contributed by atoms with Gasteiger partial charge in [0.05, 0.1) is 7.11 Å². The van der Waals surface area contributed by atoms with Crippen molar-refractivity contribution < 1.29 is 19.1 Å². The van der Waals surface area contributed by atoms with Gasteiger partial charge in [-0.05, 0) is 30.7 Å². The first-order valence-corrected chi connectivity index (χ1v) is 5.42. The monoisotopic (exact) mass is 272 g/mol. The first-order valence-electron chi connectivity index (χ1n) is 5.04. The number of amides is 2. The summed E-state index contributed by atoms with van der Waals surface area (Å²) in [7, 11) is 1.19. The van der Waals surface area contributed by atoms with Crippen LogP contribution in [0.4, 0.5) is 4.79 Å². The molecule has 0 aromatic heterocycles. The summed E-state index contributed by atoms with van der Waals surface area (Å²) in [5.74, 6) is 0.0439. The number of rotatable bonds is 3. The van der Waals surface area contributed by atoms with E-state index in [4.69, 9.17) is 16.3 Å². The average Bonchev–Trinajstić information content (AvgIpc) is 2.34. The predicted octanol–water partition coefficient (Wildman–Crippen LogP) is 1.41. The third-order valence-corrected chi connectivity index (χ3v) is 2.22. The molecule has 0 bridgehead atoms. The van der Waals surface area contributed by atoms with Gasteiger partial charge in [-0.2, -0.15) is 0 Å². The van der Waals surface area contributed by atoms with Crippen molar-refractivity contribution in [2.45, 2.75) is 6.92 Å². The Balaban J connectivity index is 2.40. The van der Waals surface area contributed by atoms with Crippen molar-refractivity contribution in [1.29, 1.82) is 0 Å². The van der Waals surface area contributed by atoms with Crippen molar-refractivity contribution in [3.8, 4) is 5.75 Å². The SMILES string of the molecule is COC(=O)NNC(=O)COc1ccc(Cl)cc1C. The molecule has 1 rings (SSSR count). The third-order valence-electron chi connectivity index (χ3n) is 1.99. The number of nitrogens with one attached hydrogen (secondary N) is 2. The van der Waals surface area contributed by atoms with E-state index in [1.807, 2.05) is 12.3 Å². The summed E-state index contributed by atoms with van der Waals surface area (Å²) in [4.78, 5) is 22.0. The maximum atomic E-state index is 11.3. The Bertz CT molecular complexity index is 451. The van der Waals surface area contributed by atoms with Gasteiger partial charge in [-0.25, -0.2) is 10.2 Å². The molecule has 0 fully saturated rings. The number of methoxy groups -OCH3 is 1. The molecule has 0 saturated heterocycles. The van der Waals surface area contributed by atoms with E-state index in [2.05, 4.69) is 10.2 Å². The van der Waals surface area contributed by atoms with Crippen LogP contribution in [-0.2, 0) is 9.53 Å². The quantitative estimate of drug-likeness (QED) is 0.816. The van der Waals surface area contributed by atoms with Crippen molar-refractivity contribution in [2.24, 2.45) is 0 Å². The summed E-state index contributed by atoms with van der Waals surface area (Å²) in [5, 5.41) is 0.594. The van der Waals surface area contributed by atoms with Crippen molar-refractivity contribution in [3.05, 3.63) is 28.8 Å². The van der Waals surface area contributed by atoms with Gasteiger partial charge in [-0.3, -0.25) is 10.2 Å². The smallest absolute Gasteiger partial charge is 0.425 e. The number of carbonyl (C=O) groups is 2. The lowest BCUT2D eigenvalue weighted by atomic mass is 10.2. The van der Waals surface area contributed by atoms with Gasteiger partial charge in [0.15, 0.2) is 6.61 Å². The minimum absolute atomic E-state index is 0.230. The van der Waals surface area contributed by atoms with Gasteiger partial charge < -0.3 is 9.47 Å². The van der Waals surface area contributed by atoms with Crippen LogP contribution in [0.1, 0.15) is 5.56 Å². The van der Waals surface area contributed by atoms with Crippen LogP contribution < -0.4 is 15.6 Å². The lowest BCUT2D eigenvalue weighted by Gasteiger charge is -2.09. The molecule has 0 radical (unpaired) electrons. The molecule has 0 saturated carbocycles. The standard InChI is InChI=1S/C11H13ClN2O4/c1-7-5-8(12)3-4-9(7)18-6-10(15)13-14-11(16)17-2/h3-5H,6H2,1-2H3,(H,13,15)(H,14,16). The molecule has 0 heterocycles. The Labute approximate surface area is 109 Å². The average molecular weight is 273 g/mol. The van der Waals surface area contributed by atoms with E-state index in [9.17, 15) is 9.59 Å². The van der Waals surface area contributed by atoms with Crippen molar-refractivity contribution >= 4 is 23.6 Å². The molecule has 0 spiro atoms. The minimum atomic E-state index is -0.758. The van der Waals surface area contributed by atoms with Crippen molar-refractivity contribution in [1.82, 2.24) is 10.9 Å². The summed E-state index contributed by atoms with van der Waals surface area (Å²) in [6.07, 6.45) is -0.758. The molecule has 6 nitrogen and oxygen atoms in total. The third kappa shape index (κ3) is 4.50. The lowest BCUT2D eigenvalue weighted by Crippen LogP contribution is -2.43. The predicted molar refractivity (Wildman–Crippen MR) is 65.4 cm³/mol. The summed E-state index contributed by atoms with van der Waals surface area (Å²) in [5.41, 5.74) is 4.97. The number of benzene rings is 1. The van der Waals surface area contributed by atoms with E-state index in [0.717, 1.165) is 5.56 Å². The number of ether oxygens (including phenoxy) is 2. The zero-order valence-corrected chi connectivity index (χ0v) is 10.7. The van der Waals surface area contributed by atoms with Crippen LogP contribution in [-0.4, -0.2) is 25.7 Å². The highest BCUT2D eigenvalue weighted by atomic mass is 35.5. The van der Waals surface area contributed by atoms with Crippen LogP contribution in [0.15, 0.2) is 18.2 Å². The van der Waals surface area contributed by atoms with E-state index in [0.29, 0.717) is 10.8 Å². The summed E-state index contributed by atoms with van der Waals surface area (Å²) < 4.78 is 9.53. The van der Waals surface area contributed by atoms with Gasteiger partial charge in [-0.15, -0.1) is 0 Å². The van der Waals surface area contributed by atoms with Gasteiger partial charge in [-0.1, -0.05) is 11.6 Å². The molecule has 0 aliphatic rings. The first kappa shape index (κ1) is 14.1. The fourth-order valence-electron chi connectivity index (χ4n) is 1.13. The van der Waals surface area contributed by atoms with Crippen LogP contribution in [0.5, 0.6) is 5.75 Å².